The highest BCUT2D eigenvalue weighted by Crippen LogP contribution is 2.30. The first-order valence-corrected chi connectivity index (χ1v) is 13.4. The van der Waals surface area contributed by atoms with Gasteiger partial charge in [0, 0.05) is 18.4 Å². The first-order chi connectivity index (χ1) is 15.9. The third-order valence-electron chi connectivity index (χ3n) is 5.83. The molecule has 0 fully saturated rings. The van der Waals surface area contributed by atoms with Crippen LogP contribution in [0.25, 0.3) is 21.9 Å². The van der Waals surface area contributed by atoms with Gasteiger partial charge in [0.05, 0.1) is 23.0 Å². The average molecular weight is 466 g/mol. The van der Waals surface area contributed by atoms with E-state index >= 15 is 0 Å². The van der Waals surface area contributed by atoms with Gasteiger partial charge in [0.2, 0.25) is 10.0 Å². The van der Waals surface area contributed by atoms with Crippen LogP contribution in [-0.4, -0.2) is 29.2 Å². The van der Waals surface area contributed by atoms with E-state index in [1.165, 1.54) is 6.26 Å². The SMILES string of the molecule is CCCCc1nc2c(N)nc3ccccc3c2n1CCCCc1ccccc1NS(C)(=O)=O. The van der Waals surface area contributed by atoms with Crippen LogP contribution in [0.3, 0.4) is 0 Å². The Kier molecular flexibility index (Phi) is 6.83. The number of benzene rings is 2. The molecular formula is C25H31N5O2S. The number of aryl methyl sites for hydroxylation is 3. The van der Waals surface area contributed by atoms with E-state index in [-0.39, 0.29) is 0 Å². The molecule has 8 heteroatoms. The van der Waals surface area contributed by atoms with E-state index in [1.807, 2.05) is 42.5 Å². The number of anilines is 2. The summed E-state index contributed by atoms with van der Waals surface area (Å²) in [7, 11) is -3.31. The molecule has 3 N–H and O–H groups in total. The third-order valence-corrected chi connectivity index (χ3v) is 6.42. The highest BCUT2D eigenvalue weighted by molar-refractivity contribution is 7.92. The summed E-state index contributed by atoms with van der Waals surface area (Å²) in [5.74, 6) is 1.52. The van der Waals surface area contributed by atoms with Gasteiger partial charge in [-0.05, 0) is 43.4 Å². The molecule has 0 unspecified atom stereocenters. The zero-order chi connectivity index (χ0) is 23.4. The lowest BCUT2D eigenvalue weighted by atomic mass is 10.1. The largest absolute Gasteiger partial charge is 0.382 e. The number of pyridine rings is 1. The predicted molar refractivity (Wildman–Crippen MR) is 136 cm³/mol. The van der Waals surface area contributed by atoms with E-state index in [1.54, 1.807) is 0 Å². The van der Waals surface area contributed by atoms with Gasteiger partial charge in [-0.3, -0.25) is 4.72 Å². The van der Waals surface area contributed by atoms with Crippen molar-refractivity contribution in [3.8, 4) is 0 Å². The van der Waals surface area contributed by atoms with E-state index in [0.29, 0.717) is 11.5 Å². The molecule has 0 spiro atoms. The van der Waals surface area contributed by atoms with Crippen LogP contribution in [0.4, 0.5) is 11.5 Å². The molecule has 0 saturated heterocycles. The summed E-state index contributed by atoms with van der Waals surface area (Å²) < 4.78 is 28.3. The second-order valence-electron chi connectivity index (χ2n) is 8.48. The lowest BCUT2D eigenvalue weighted by Crippen LogP contribution is -2.11. The molecule has 4 rings (SSSR count). The molecule has 33 heavy (non-hydrogen) atoms. The third kappa shape index (κ3) is 5.27. The van der Waals surface area contributed by atoms with Crippen molar-refractivity contribution in [2.45, 2.75) is 52.0 Å². The molecule has 2 heterocycles. The fourth-order valence-electron chi connectivity index (χ4n) is 4.29. The smallest absolute Gasteiger partial charge is 0.229 e. The van der Waals surface area contributed by atoms with Crippen molar-refractivity contribution in [3.63, 3.8) is 0 Å². The fourth-order valence-corrected chi connectivity index (χ4v) is 4.89. The van der Waals surface area contributed by atoms with E-state index in [4.69, 9.17) is 10.7 Å². The molecule has 0 radical (unpaired) electrons. The summed E-state index contributed by atoms with van der Waals surface area (Å²) >= 11 is 0. The number of rotatable bonds is 10. The van der Waals surface area contributed by atoms with Crippen molar-refractivity contribution < 1.29 is 8.42 Å². The Morgan fingerprint density at radius 1 is 0.970 bits per heavy atom. The molecule has 174 valence electrons. The van der Waals surface area contributed by atoms with Crippen LogP contribution in [0.1, 0.15) is 44.0 Å². The predicted octanol–water partition coefficient (Wildman–Crippen LogP) is 4.90. The van der Waals surface area contributed by atoms with Crippen LogP contribution in [0.15, 0.2) is 48.5 Å². The van der Waals surface area contributed by atoms with Gasteiger partial charge >= 0.3 is 0 Å². The van der Waals surface area contributed by atoms with Crippen LogP contribution in [-0.2, 0) is 29.4 Å². The average Bonchev–Trinajstić information content (AvgIpc) is 3.14. The van der Waals surface area contributed by atoms with Gasteiger partial charge in [0.15, 0.2) is 5.82 Å². The van der Waals surface area contributed by atoms with Crippen LogP contribution in [0, 0.1) is 0 Å². The van der Waals surface area contributed by atoms with E-state index in [9.17, 15) is 8.42 Å². The molecule has 4 aromatic rings. The Morgan fingerprint density at radius 3 is 2.52 bits per heavy atom. The topological polar surface area (TPSA) is 103 Å². The number of nitrogen functional groups attached to an aromatic ring is 1. The number of nitrogens with one attached hydrogen (secondary N) is 1. The molecule has 0 saturated carbocycles. The maximum Gasteiger partial charge on any atom is 0.229 e. The maximum absolute atomic E-state index is 11.7. The van der Waals surface area contributed by atoms with Crippen LogP contribution < -0.4 is 10.5 Å². The molecule has 0 amide bonds. The Bertz CT molecular complexity index is 1380. The molecule has 0 aliphatic heterocycles. The number of aromatic nitrogens is 3. The van der Waals surface area contributed by atoms with Crippen molar-refractivity contribution in [1.82, 2.24) is 14.5 Å². The maximum atomic E-state index is 11.7. The zero-order valence-electron chi connectivity index (χ0n) is 19.2. The lowest BCUT2D eigenvalue weighted by Gasteiger charge is -2.13. The molecule has 0 aliphatic rings. The fraction of sp³-hybridized carbons (Fsp3) is 0.360. The molecule has 7 nitrogen and oxygen atoms in total. The number of hydrogen-bond acceptors (Lipinski definition) is 5. The Morgan fingerprint density at radius 2 is 1.73 bits per heavy atom. The Labute approximate surface area is 195 Å². The minimum atomic E-state index is -3.31. The van der Waals surface area contributed by atoms with Gasteiger partial charge in [0.25, 0.3) is 0 Å². The first kappa shape index (κ1) is 23.0. The van der Waals surface area contributed by atoms with E-state index in [2.05, 4.69) is 27.3 Å². The molecule has 2 aromatic heterocycles. The van der Waals surface area contributed by atoms with Crippen molar-refractivity contribution in [3.05, 3.63) is 59.9 Å². The first-order valence-electron chi connectivity index (χ1n) is 11.5. The van der Waals surface area contributed by atoms with Crippen molar-refractivity contribution >= 4 is 43.5 Å². The molecule has 0 aliphatic carbocycles. The summed E-state index contributed by atoms with van der Waals surface area (Å²) in [5.41, 5.74) is 10.7. The monoisotopic (exact) mass is 465 g/mol. The second-order valence-corrected chi connectivity index (χ2v) is 10.2. The van der Waals surface area contributed by atoms with E-state index < -0.39 is 10.0 Å². The van der Waals surface area contributed by atoms with Crippen LogP contribution in [0.2, 0.25) is 0 Å². The highest BCUT2D eigenvalue weighted by Gasteiger charge is 2.17. The Hall–Kier alpha value is -3.13. The molecule has 0 atom stereocenters. The lowest BCUT2D eigenvalue weighted by molar-refractivity contribution is 0.589. The number of nitrogens with zero attached hydrogens (tertiary/aromatic N) is 3. The minimum Gasteiger partial charge on any atom is -0.382 e. The van der Waals surface area contributed by atoms with Gasteiger partial charge in [-0.1, -0.05) is 49.7 Å². The second kappa shape index (κ2) is 9.79. The number of imidazole rings is 1. The minimum absolute atomic E-state index is 0.473. The highest BCUT2D eigenvalue weighted by atomic mass is 32.2. The number of nitrogens with two attached hydrogens (primary N) is 1. The van der Waals surface area contributed by atoms with Gasteiger partial charge in [-0.15, -0.1) is 0 Å². The number of fused-ring (bicyclic) bond motifs is 3. The summed E-state index contributed by atoms with van der Waals surface area (Å²) in [4.78, 5) is 9.45. The van der Waals surface area contributed by atoms with Gasteiger partial charge in [0.1, 0.15) is 11.3 Å². The summed E-state index contributed by atoms with van der Waals surface area (Å²) in [6.45, 7) is 3.00. The number of unbranched alkanes of at least 4 members (excludes halogenated alkanes) is 2. The summed E-state index contributed by atoms with van der Waals surface area (Å²) in [6.07, 6.45) is 6.90. The molecule has 0 bridgehead atoms. The Balaban J connectivity index is 1.59. The standard InChI is InChI=1S/C25H31N5O2S/c1-3-4-16-22-28-23-24(19-13-6-8-15-21(19)27-25(23)26)30(22)17-10-9-12-18-11-5-7-14-20(18)29-33(2,31)32/h5-8,11,13-15,29H,3-4,9-10,12,16-17H2,1-2H3,(H2,26,27). The quantitative estimate of drug-likeness (QED) is 0.324. The van der Waals surface area contributed by atoms with Gasteiger partial charge in [-0.25, -0.2) is 18.4 Å². The molecule has 2 aromatic carbocycles. The molecular weight excluding hydrogens is 434 g/mol. The van der Waals surface area contributed by atoms with E-state index in [0.717, 1.165) is 78.4 Å². The van der Waals surface area contributed by atoms with Gasteiger partial charge in [-0.2, -0.15) is 0 Å². The zero-order valence-corrected chi connectivity index (χ0v) is 20.0. The van der Waals surface area contributed by atoms with Gasteiger partial charge < -0.3 is 10.3 Å². The van der Waals surface area contributed by atoms with Crippen molar-refractivity contribution in [2.75, 3.05) is 16.7 Å². The van der Waals surface area contributed by atoms with Crippen LogP contribution >= 0.6 is 0 Å². The summed E-state index contributed by atoms with van der Waals surface area (Å²) in [6, 6.07) is 15.6. The van der Waals surface area contributed by atoms with Crippen LogP contribution in [0.5, 0.6) is 0 Å². The number of sulfonamides is 1. The summed E-state index contributed by atoms with van der Waals surface area (Å²) in [5, 5.41) is 1.07. The van der Waals surface area contributed by atoms with Crippen molar-refractivity contribution in [1.29, 1.82) is 0 Å². The van der Waals surface area contributed by atoms with Crippen molar-refractivity contribution in [2.24, 2.45) is 0 Å². The normalized spacial score (nSPS) is 11.9. The number of hydrogen-bond donors (Lipinski definition) is 2. The number of para-hydroxylation sites is 2.